The third-order valence-corrected chi connectivity index (χ3v) is 7.24. The van der Waals surface area contributed by atoms with E-state index in [0.29, 0.717) is 5.75 Å². The van der Waals surface area contributed by atoms with Gasteiger partial charge in [-0.3, -0.25) is 9.59 Å². The summed E-state index contributed by atoms with van der Waals surface area (Å²) < 4.78 is 50.1. The number of halogens is 2. The van der Waals surface area contributed by atoms with Crippen LogP contribution in [0.15, 0.2) is 47.4 Å². The van der Waals surface area contributed by atoms with Crippen molar-refractivity contribution in [2.45, 2.75) is 17.7 Å². The van der Waals surface area contributed by atoms with Crippen molar-refractivity contribution in [2.75, 3.05) is 32.1 Å². The fourth-order valence-electron chi connectivity index (χ4n) is 3.25. The van der Waals surface area contributed by atoms with E-state index in [0.717, 1.165) is 6.07 Å². The summed E-state index contributed by atoms with van der Waals surface area (Å²) in [7, 11) is -2.18. The Morgan fingerprint density at radius 2 is 1.81 bits per heavy atom. The highest BCUT2D eigenvalue weighted by atomic mass is 35.5. The lowest BCUT2D eigenvalue weighted by atomic mass is 9.98. The number of piperidine rings is 1. The molecule has 0 aliphatic carbocycles. The van der Waals surface area contributed by atoms with Crippen LogP contribution in [-0.4, -0.2) is 51.4 Å². The van der Waals surface area contributed by atoms with Gasteiger partial charge in [0.25, 0.3) is 5.91 Å². The minimum atomic E-state index is -3.68. The molecule has 172 valence electrons. The molecule has 2 aromatic carbocycles. The van der Waals surface area contributed by atoms with Gasteiger partial charge in [-0.15, -0.1) is 0 Å². The second-order valence-electron chi connectivity index (χ2n) is 7.14. The Morgan fingerprint density at radius 3 is 2.41 bits per heavy atom. The smallest absolute Gasteiger partial charge is 0.309 e. The molecule has 0 saturated carbocycles. The molecule has 0 unspecified atom stereocenters. The van der Waals surface area contributed by atoms with Gasteiger partial charge in [0.15, 0.2) is 6.61 Å². The van der Waals surface area contributed by atoms with Gasteiger partial charge in [0.1, 0.15) is 11.6 Å². The maximum atomic E-state index is 13.2. The standard InChI is InChI=1S/C21H22ClFN2O6S/c1-30-16-3-5-17(6-4-16)32(28,29)25-10-8-14(9-11-25)21(27)31-13-20(26)24-15-2-7-19(23)18(22)12-15/h2-7,12,14H,8-11,13H2,1H3,(H,24,26). The number of nitrogens with zero attached hydrogens (tertiary/aromatic N) is 1. The van der Waals surface area contributed by atoms with E-state index < -0.39 is 40.2 Å². The highest BCUT2D eigenvalue weighted by Gasteiger charge is 2.33. The summed E-state index contributed by atoms with van der Waals surface area (Å²) in [5.41, 5.74) is 0.273. The second kappa shape index (κ2) is 10.3. The molecule has 8 nitrogen and oxygen atoms in total. The van der Waals surface area contributed by atoms with E-state index in [2.05, 4.69) is 5.32 Å². The molecule has 3 rings (SSSR count). The van der Waals surface area contributed by atoms with Crippen molar-refractivity contribution >= 4 is 39.2 Å². The number of rotatable bonds is 7. The number of hydrogen-bond donors (Lipinski definition) is 1. The quantitative estimate of drug-likeness (QED) is 0.606. The van der Waals surface area contributed by atoms with E-state index in [4.69, 9.17) is 21.1 Å². The van der Waals surface area contributed by atoms with E-state index in [-0.39, 0.29) is 41.5 Å². The van der Waals surface area contributed by atoms with Gasteiger partial charge < -0.3 is 14.8 Å². The van der Waals surface area contributed by atoms with E-state index in [1.54, 1.807) is 12.1 Å². The number of nitrogens with one attached hydrogen (secondary N) is 1. The lowest BCUT2D eigenvalue weighted by Gasteiger charge is -2.30. The van der Waals surface area contributed by atoms with E-state index >= 15 is 0 Å². The summed E-state index contributed by atoms with van der Waals surface area (Å²) in [6, 6.07) is 9.78. The molecule has 32 heavy (non-hydrogen) atoms. The van der Waals surface area contributed by atoms with Gasteiger partial charge in [0.2, 0.25) is 10.0 Å². The molecule has 0 radical (unpaired) electrons. The third kappa shape index (κ3) is 5.76. The molecule has 0 spiro atoms. The number of sulfonamides is 1. The molecule has 1 fully saturated rings. The first-order valence-corrected chi connectivity index (χ1v) is 11.6. The number of hydrogen-bond acceptors (Lipinski definition) is 6. The minimum absolute atomic E-state index is 0.142. The summed E-state index contributed by atoms with van der Waals surface area (Å²) in [5, 5.41) is 2.32. The Balaban J connectivity index is 1.48. The lowest BCUT2D eigenvalue weighted by molar-refractivity contribution is -0.152. The molecule has 0 aromatic heterocycles. The molecule has 2 aromatic rings. The summed E-state index contributed by atoms with van der Waals surface area (Å²) >= 11 is 5.66. The van der Waals surface area contributed by atoms with Crippen LogP contribution in [0.4, 0.5) is 10.1 Å². The first-order chi connectivity index (χ1) is 15.2. The largest absolute Gasteiger partial charge is 0.497 e. The third-order valence-electron chi connectivity index (χ3n) is 5.03. The number of carbonyl (C=O) groups is 2. The fourth-order valence-corrected chi connectivity index (χ4v) is 4.90. The van der Waals surface area contributed by atoms with Crippen molar-refractivity contribution in [1.82, 2.24) is 4.31 Å². The van der Waals surface area contributed by atoms with Crippen LogP contribution in [0.1, 0.15) is 12.8 Å². The number of anilines is 1. The van der Waals surface area contributed by atoms with Crippen molar-refractivity contribution in [1.29, 1.82) is 0 Å². The van der Waals surface area contributed by atoms with Gasteiger partial charge in [0.05, 0.1) is 22.9 Å². The van der Waals surface area contributed by atoms with Crippen molar-refractivity contribution in [2.24, 2.45) is 5.92 Å². The van der Waals surface area contributed by atoms with Crippen LogP contribution < -0.4 is 10.1 Å². The van der Waals surface area contributed by atoms with Crippen LogP contribution >= 0.6 is 11.6 Å². The van der Waals surface area contributed by atoms with Gasteiger partial charge in [-0.2, -0.15) is 4.31 Å². The maximum absolute atomic E-state index is 13.2. The average molecular weight is 485 g/mol. The lowest BCUT2D eigenvalue weighted by Crippen LogP contribution is -2.40. The minimum Gasteiger partial charge on any atom is -0.497 e. The SMILES string of the molecule is COc1ccc(S(=O)(=O)N2CCC(C(=O)OCC(=O)Nc3ccc(F)c(Cl)c3)CC2)cc1. The zero-order valence-corrected chi connectivity index (χ0v) is 18.8. The molecule has 0 bridgehead atoms. The summed E-state index contributed by atoms with van der Waals surface area (Å²) in [6.45, 7) is -0.193. The molecule has 1 amide bonds. The monoisotopic (exact) mass is 484 g/mol. The number of methoxy groups -OCH3 is 1. The average Bonchev–Trinajstić information content (AvgIpc) is 2.80. The van der Waals surface area contributed by atoms with Crippen LogP contribution in [-0.2, 0) is 24.3 Å². The van der Waals surface area contributed by atoms with Crippen LogP contribution in [0.2, 0.25) is 5.02 Å². The van der Waals surface area contributed by atoms with Gasteiger partial charge in [-0.1, -0.05) is 11.6 Å². The zero-order valence-electron chi connectivity index (χ0n) is 17.2. The van der Waals surface area contributed by atoms with E-state index in [1.807, 2.05) is 0 Å². The number of amides is 1. The highest BCUT2D eigenvalue weighted by Crippen LogP contribution is 2.26. The molecule has 1 aliphatic heterocycles. The summed E-state index contributed by atoms with van der Waals surface area (Å²) in [5.74, 6) is -1.74. The topological polar surface area (TPSA) is 102 Å². The summed E-state index contributed by atoms with van der Waals surface area (Å²) in [6.07, 6.45) is 0.562. The predicted octanol–water partition coefficient (Wildman–Crippen LogP) is 3.07. The number of carbonyl (C=O) groups excluding carboxylic acids is 2. The van der Waals surface area contributed by atoms with E-state index in [1.165, 1.54) is 35.7 Å². The Kier molecular flexibility index (Phi) is 7.70. The Bertz CT molecular complexity index is 1090. The van der Waals surface area contributed by atoms with Crippen LogP contribution in [0, 0.1) is 11.7 Å². The number of ether oxygens (including phenoxy) is 2. The molecule has 1 saturated heterocycles. The van der Waals surface area contributed by atoms with Crippen molar-refractivity contribution in [3.05, 3.63) is 53.3 Å². The highest BCUT2D eigenvalue weighted by molar-refractivity contribution is 7.89. The first-order valence-electron chi connectivity index (χ1n) is 9.76. The molecular weight excluding hydrogens is 463 g/mol. The van der Waals surface area contributed by atoms with Crippen LogP contribution in [0.5, 0.6) is 5.75 Å². The number of esters is 1. The zero-order chi connectivity index (χ0) is 23.3. The van der Waals surface area contributed by atoms with Crippen molar-refractivity contribution < 1.29 is 31.9 Å². The summed E-state index contributed by atoms with van der Waals surface area (Å²) in [4.78, 5) is 24.4. The van der Waals surface area contributed by atoms with Gasteiger partial charge in [-0.05, 0) is 55.3 Å². The molecule has 1 N–H and O–H groups in total. The van der Waals surface area contributed by atoms with Gasteiger partial charge in [0, 0.05) is 18.8 Å². The molecule has 1 aliphatic rings. The van der Waals surface area contributed by atoms with Crippen molar-refractivity contribution in [3.63, 3.8) is 0 Å². The van der Waals surface area contributed by atoms with Crippen LogP contribution in [0.25, 0.3) is 0 Å². The predicted molar refractivity (Wildman–Crippen MR) is 115 cm³/mol. The first kappa shape index (κ1) is 24.0. The van der Waals surface area contributed by atoms with E-state index in [9.17, 15) is 22.4 Å². The fraction of sp³-hybridized carbons (Fsp3) is 0.333. The van der Waals surface area contributed by atoms with Gasteiger partial charge in [-0.25, -0.2) is 12.8 Å². The van der Waals surface area contributed by atoms with Crippen LogP contribution in [0.3, 0.4) is 0 Å². The molecular formula is C21H22ClFN2O6S. The Labute approximate surface area is 190 Å². The normalized spacial score (nSPS) is 15.2. The Morgan fingerprint density at radius 1 is 1.16 bits per heavy atom. The number of benzene rings is 2. The molecule has 11 heteroatoms. The molecule has 0 atom stereocenters. The van der Waals surface area contributed by atoms with Crippen molar-refractivity contribution in [3.8, 4) is 5.75 Å². The molecule has 1 heterocycles. The second-order valence-corrected chi connectivity index (χ2v) is 9.48. The Hall–Kier alpha value is -2.69. The van der Waals surface area contributed by atoms with Gasteiger partial charge >= 0.3 is 5.97 Å². The maximum Gasteiger partial charge on any atom is 0.309 e.